The molecule has 11 nitrogen and oxygen atoms in total. The lowest BCUT2D eigenvalue weighted by Crippen LogP contribution is -2.35. The molecule has 1 heterocycles. The molecular weight excluding hydrogens is 372 g/mol. The van der Waals surface area contributed by atoms with Crippen molar-refractivity contribution >= 4 is 30.3 Å². The number of nitrogens with two attached hydrogens (primary N) is 2. The van der Waals surface area contributed by atoms with Gasteiger partial charge < -0.3 is 26.1 Å². The number of halogens is 1. The van der Waals surface area contributed by atoms with Gasteiger partial charge in [0.2, 0.25) is 0 Å². The molecule has 1 aromatic carbocycles. The highest BCUT2D eigenvalue weighted by atomic mass is 35.5. The lowest BCUT2D eigenvalue weighted by atomic mass is 10.2. The van der Waals surface area contributed by atoms with Crippen LogP contribution < -0.4 is 21.1 Å². The van der Waals surface area contributed by atoms with E-state index < -0.39 is 30.1 Å². The first kappa shape index (κ1) is 20.9. The van der Waals surface area contributed by atoms with Crippen LogP contribution in [0.15, 0.2) is 28.9 Å². The van der Waals surface area contributed by atoms with Gasteiger partial charge in [-0.25, -0.2) is 4.79 Å². The molecule has 0 saturated carbocycles. The molecule has 0 fully saturated rings. The first-order chi connectivity index (χ1) is 11.9. The van der Waals surface area contributed by atoms with Crippen molar-refractivity contribution in [1.29, 1.82) is 0 Å². The topological polar surface area (TPSA) is 175 Å². The van der Waals surface area contributed by atoms with Crippen LogP contribution in [0.25, 0.3) is 0 Å². The van der Waals surface area contributed by atoms with E-state index >= 15 is 0 Å². The molecule has 0 radical (unpaired) electrons. The van der Waals surface area contributed by atoms with Crippen LogP contribution in [0.1, 0.15) is 33.0 Å². The number of ether oxygens (including phenoxy) is 2. The molecule has 0 saturated heterocycles. The molecule has 0 unspecified atom stereocenters. The maximum Gasteiger partial charge on any atom is 0.342 e. The minimum Gasteiger partial charge on any atom is -0.453 e. The third kappa shape index (κ3) is 4.91. The van der Waals surface area contributed by atoms with Crippen molar-refractivity contribution in [1.82, 2.24) is 5.16 Å². The van der Waals surface area contributed by atoms with E-state index in [1.54, 1.807) is 6.07 Å². The summed E-state index contributed by atoms with van der Waals surface area (Å²) in [6.45, 7) is -0.441. The molecule has 1 amide bonds. The van der Waals surface area contributed by atoms with Crippen molar-refractivity contribution in [2.24, 2.45) is 11.5 Å². The molecule has 0 spiro atoms. The molecule has 0 aliphatic heterocycles. The van der Waals surface area contributed by atoms with Crippen LogP contribution >= 0.6 is 12.4 Å². The number of nitrogens with zero attached hydrogens (tertiary/aromatic N) is 2. The van der Waals surface area contributed by atoms with E-state index in [4.69, 9.17) is 20.9 Å². The van der Waals surface area contributed by atoms with E-state index in [0.717, 1.165) is 0 Å². The quantitative estimate of drug-likeness (QED) is 0.358. The van der Waals surface area contributed by atoms with E-state index in [0.29, 0.717) is 0 Å². The molecule has 12 heteroatoms. The van der Waals surface area contributed by atoms with Gasteiger partial charge in [0, 0.05) is 11.7 Å². The number of carbonyl (C=O) groups excluding carboxylic acids is 3. The summed E-state index contributed by atoms with van der Waals surface area (Å²) in [4.78, 5) is 34.7. The SMILES string of the molecule is Cl.NCCC(=O)Oc1ccccc1C(=O)OCc1no[n+]([O-])c1C(N)=O. The van der Waals surface area contributed by atoms with Crippen molar-refractivity contribution in [3.63, 3.8) is 0 Å². The number of hydrogen-bond donors (Lipinski definition) is 2. The molecule has 0 bridgehead atoms. The first-order valence-corrected chi connectivity index (χ1v) is 6.99. The number of aromatic nitrogens is 2. The van der Waals surface area contributed by atoms with Gasteiger partial charge in [-0.1, -0.05) is 12.1 Å². The van der Waals surface area contributed by atoms with Gasteiger partial charge in [-0.3, -0.25) is 14.2 Å². The van der Waals surface area contributed by atoms with Crippen molar-refractivity contribution in [3.8, 4) is 5.75 Å². The van der Waals surface area contributed by atoms with E-state index in [9.17, 15) is 19.6 Å². The molecule has 1 aromatic heterocycles. The van der Waals surface area contributed by atoms with E-state index in [2.05, 4.69) is 9.79 Å². The second kappa shape index (κ2) is 9.34. The number of primary amides is 1. The molecule has 26 heavy (non-hydrogen) atoms. The Morgan fingerprint density at radius 1 is 1.27 bits per heavy atom. The average molecular weight is 387 g/mol. The summed E-state index contributed by atoms with van der Waals surface area (Å²) in [5.41, 5.74) is 9.43. The highest BCUT2D eigenvalue weighted by Gasteiger charge is 2.26. The Hall–Kier alpha value is -3.18. The zero-order chi connectivity index (χ0) is 18.4. The smallest absolute Gasteiger partial charge is 0.342 e. The van der Waals surface area contributed by atoms with E-state index in [1.165, 1.54) is 18.2 Å². The molecule has 4 N–H and O–H groups in total. The van der Waals surface area contributed by atoms with E-state index in [1.807, 2.05) is 0 Å². The Kier molecular flexibility index (Phi) is 7.50. The minimum absolute atomic E-state index is 0. The summed E-state index contributed by atoms with van der Waals surface area (Å²) in [5, 5.41) is 14.5. The van der Waals surface area contributed by atoms with Gasteiger partial charge in [0.15, 0.2) is 6.61 Å². The summed E-state index contributed by atoms with van der Waals surface area (Å²) in [6.07, 6.45) is -0.0200. The van der Waals surface area contributed by atoms with Crippen molar-refractivity contribution < 1.29 is 33.4 Å². The predicted molar refractivity (Wildman–Crippen MR) is 86.1 cm³/mol. The Bertz CT molecular complexity index is 808. The Balaban J connectivity index is 0.00000338. The second-order valence-corrected chi connectivity index (χ2v) is 4.67. The van der Waals surface area contributed by atoms with Gasteiger partial charge >= 0.3 is 11.9 Å². The number of carbonyl (C=O) groups is 3. The van der Waals surface area contributed by atoms with Crippen molar-refractivity contribution in [3.05, 3.63) is 46.4 Å². The number of hydrogen-bond acceptors (Lipinski definition) is 9. The number of esters is 2. The Labute approximate surface area is 152 Å². The van der Waals surface area contributed by atoms with Gasteiger partial charge in [-0.05, 0) is 17.0 Å². The number of para-hydroxylation sites is 1. The van der Waals surface area contributed by atoms with Gasteiger partial charge in [0.05, 0.1) is 6.42 Å². The monoisotopic (exact) mass is 386 g/mol. The highest BCUT2D eigenvalue weighted by Crippen LogP contribution is 2.20. The van der Waals surface area contributed by atoms with Gasteiger partial charge in [0.1, 0.15) is 11.3 Å². The average Bonchev–Trinajstić information content (AvgIpc) is 2.94. The second-order valence-electron chi connectivity index (χ2n) is 4.67. The molecule has 140 valence electrons. The lowest BCUT2D eigenvalue weighted by molar-refractivity contribution is -0.803. The number of rotatable bonds is 7. The molecule has 0 aliphatic rings. The van der Waals surface area contributed by atoms with Crippen molar-refractivity contribution in [2.45, 2.75) is 13.0 Å². The summed E-state index contributed by atoms with van der Waals surface area (Å²) >= 11 is 0. The standard InChI is InChI=1S/C14H14N4O7.ClH/c15-6-5-11(19)24-10-4-2-1-3-8(10)14(21)23-7-9-12(13(16)20)18(22)25-17-9;/h1-4H,5-7,15H2,(H2,16,20);1H. The minimum atomic E-state index is -1.08. The fourth-order valence-electron chi connectivity index (χ4n) is 1.83. The summed E-state index contributed by atoms with van der Waals surface area (Å²) in [5.74, 6) is -2.58. The zero-order valence-electron chi connectivity index (χ0n) is 13.2. The third-order valence-corrected chi connectivity index (χ3v) is 2.93. The molecule has 0 atom stereocenters. The zero-order valence-corrected chi connectivity index (χ0v) is 14.1. The lowest BCUT2D eigenvalue weighted by Gasteiger charge is -2.08. The van der Waals surface area contributed by atoms with Crippen LogP contribution in [0.5, 0.6) is 5.75 Å². The van der Waals surface area contributed by atoms with Crippen LogP contribution in [0.2, 0.25) is 0 Å². The number of benzene rings is 1. The van der Waals surface area contributed by atoms with Crippen LogP contribution in [0.4, 0.5) is 0 Å². The van der Waals surface area contributed by atoms with Crippen LogP contribution in [-0.4, -0.2) is 29.5 Å². The molecular formula is C14H15ClN4O7. The van der Waals surface area contributed by atoms with Gasteiger partial charge in [-0.15, -0.1) is 12.4 Å². The Morgan fingerprint density at radius 2 is 1.96 bits per heavy atom. The molecule has 2 rings (SSSR count). The third-order valence-electron chi connectivity index (χ3n) is 2.93. The van der Waals surface area contributed by atoms with Crippen LogP contribution in [-0.2, 0) is 16.1 Å². The largest absolute Gasteiger partial charge is 0.453 e. The molecule has 0 aliphatic carbocycles. The fraction of sp³-hybridized carbons (Fsp3) is 0.214. The summed E-state index contributed by atoms with van der Waals surface area (Å²) in [6, 6.07) is 5.87. The Morgan fingerprint density at radius 3 is 2.62 bits per heavy atom. The predicted octanol–water partition coefficient (Wildman–Crippen LogP) is -0.560. The normalized spacial score (nSPS) is 9.88. The maximum atomic E-state index is 12.2. The van der Waals surface area contributed by atoms with Crippen LogP contribution in [0, 0.1) is 5.21 Å². The van der Waals surface area contributed by atoms with Gasteiger partial charge in [-0.2, -0.15) is 0 Å². The maximum absolute atomic E-state index is 12.2. The van der Waals surface area contributed by atoms with Gasteiger partial charge in [0.25, 0.3) is 17.3 Å². The van der Waals surface area contributed by atoms with E-state index in [-0.39, 0.29) is 47.3 Å². The van der Waals surface area contributed by atoms with Crippen LogP contribution in [0.3, 0.4) is 0 Å². The molecule has 2 aromatic rings. The fourth-order valence-corrected chi connectivity index (χ4v) is 1.83. The van der Waals surface area contributed by atoms with Crippen molar-refractivity contribution in [2.75, 3.05) is 6.54 Å². The summed E-state index contributed by atoms with van der Waals surface area (Å²) in [7, 11) is 0. The summed E-state index contributed by atoms with van der Waals surface area (Å²) < 4.78 is 14.2. The highest BCUT2D eigenvalue weighted by molar-refractivity contribution is 5.94. The number of amides is 1. The first-order valence-electron chi connectivity index (χ1n) is 6.99.